The van der Waals surface area contributed by atoms with Gasteiger partial charge in [0.1, 0.15) is 12.4 Å². The number of aliphatic hydroxyl groups is 1. The SMILES string of the molecule is CCn1cncc1COc1ccc(C)cc1C(C)O. The monoisotopic (exact) mass is 260 g/mol. The molecular formula is C15H20N2O2. The summed E-state index contributed by atoms with van der Waals surface area (Å²) in [4.78, 5) is 4.11. The molecule has 0 aliphatic rings. The maximum absolute atomic E-state index is 9.79. The van der Waals surface area contributed by atoms with E-state index in [1.54, 1.807) is 19.4 Å². The van der Waals surface area contributed by atoms with Crippen LogP contribution in [0.2, 0.25) is 0 Å². The molecule has 0 amide bonds. The van der Waals surface area contributed by atoms with Gasteiger partial charge in [-0.25, -0.2) is 4.98 Å². The van der Waals surface area contributed by atoms with Crippen LogP contribution in [0.4, 0.5) is 0 Å². The number of aromatic nitrogens is 2. The Kier molecular flexibility index (Phi) is 4.22. The largest absolute Gasteiger partial charge is 0.487 e. The Bertz CT molecular complexity index is 547. The Morgan fingerprint density at radius 2 is 2.21 bits per heavy atom. The highest BCUT2D eigenvalue weighted by Gasteiger charge is 2.10. The number of hydrogen-bond donors (Lipinski definition) is 1. The Hall–Kier alpha value is -1.81. The second-order valence-corrected chi connectivity index (χ2v) is 4.68. The average molecular weight is 260 g/mol. The zero-order valence-electron chi connectivity index (χ0n) is 11.6. The van der Waals surface area contributed by atoms with Crippen molar-refractivity contribution in [2.45, 2.75) is 40.0 Å². The van der Waals surface area contributed by atoms with Gasteiger partial charge in [-0.15, -0.1) is 0 Å². The molecule has 1 aromatic heterocycles. The lowest BCUT2D eigenvalue weighted by Crippen LogP contribution is -2.06. The lowest BCUT2D eigenvalue weighted by Gasteiger charge is -2.14. The van der Waals surface area contributed by atoms with Crippen LogP contribution >= 0.6 is 0 Å². The summed E-state index contributed by atoms with van der Waals surface area (Å²) in [6.45, 7) is 7.14. The standard InChI is InChI=1S/C15H20N2O2/c1-4-17-10-16-8-13(17)9-19-15-6-5-11(2)7-14(15)12(3)18/h5-8,10,12,18H,4,9H2,1-3H3. The van der Waals surface area contributed by atoms with Crippen LogP contribution in [-0.4, -0.2) is 14.7 Å². The first kappa shape index (κ1) is 13.6. The minimum atomic E-state index is -0.536. The fourth-order valence-corrected chi connectivity index (χ4v) is 2.03. The van der Waals surface area contributed by atoms with Crippen LogP contribution in [0.5, 0.6) is 5.75 Å². The summed E-state index contributed by atoms with van der Waals surface area (Å²) in [5.74, 6) is 0.726. The summed E-state index contributed by atoms with van der Waals surface area (Å²) in [6, 6.07) is 5.85. The highest BCUT2D eigenvalue weighted by Crippen LogP contribution is 2.26. The molecule has 0 saturated heterocycles. The molecule has 0 saturated carbocycles. The summed E-state index contributed by atoms with van der Waals surface area (Å²) in [7, 11) is 0. The van der Waals surface area contributed by atoms with E-state index in [1.165, 1.54) is 0 Å². The molecule has 4 heteroatoms. The van der Waals surface area contributed by atoms with Crippen LogP contribution in [0.25, 0.3) is 0 Å². The number of hydrogen-bond acceptors (Lipinski definition) is 3. The van der Waals surface area contributed by atoms with E-state index < -0.39 is 6.10 Å². The van der Waals surface area contributed by atoms with Gasteiger partial charge in [-0.1, -0.05) is 11.6 Å². The maximum atomic E-state index is 9.79. The summed E-state index contributed by atoms with van der Waals surface area (Å²) >= 11 is 0. The van der Waals surface area contributed by atoms with Crippen LogP contribution < -0.4 is 4.74 Å². The normalized spacial score (nSPS) is 12.4. The van der Waals surface area contributed by atoms with E-state index in [1.807, 2.05) is 29.7 Å². The van der Waals surface area contributed by atoms with Gasteiger partial charge in [-0.2, -0.15) is 0 Å². The second-order valence-electron chi connectivity index (χ2n) is 4.68. The van der Waals surface area contributed by atoms with Crippen molar-refractivity contribution in [3.8, 4) is 5.75 Å². The minimum Gasteiger partial charge on any atom is -0.487 e. The molecule has 1 atom stereocenters. The summed E-state index contributed by atoms with van der Waals surface area (Å²) < 4.78 is 7.86. The Labute approximate surface area is 113 Å². The zero-order valence-corrected chi connectivity index (χ0v) is 11.6. The fourth-order valence-electron chi connectivity index (χ4n) is 2.03. The van der Waals surface area contributed by atoms with E-state index in [0.29, 0.717) is 6.61 Å². The van der Waals surface area contributed by atoms with Gasteiger partial charge in [0.25, 0.3) is 0 Å². The van der Waals surface area contributed by atoms with E-state index >= 15 is 0 Å². The van der Waals surface area contributed by atoms with Crippen molar-refractivity contribution in [1.82, 2.24) is 9.55 Å². The van der Waals surface area contributed by atoms with Crippen molar-refractivity contribution in [2.75, 3.05) is 0 Å². The Balaban J connectivity index is 2.15. The quantitative estimate of drug-likeness (QED) is 0.899. The molecule has 1 aromatic carbocycles. The van der Waals surface area contributed by atoms with E-state index in [0.717, 1.165) is 29.1 Å². The zero-order chi connectivity index (χ0) is 13.8. The highest BCUT2D eigenvalue weighted by atomic mass is 16.5. The van der Waals surface area contributed by atoms with Crippen molar-refractivity contribution >= 4 is 0 Å². The number of rotatable bonds is 5. The van der Waals surface area contributed by atoms with Crippen LogP contribution in [0.15, 0.2) is 30.7 Å². The lowest BCUT2D eigenvalue weighted by molar-refractivity contribution is 0.189. The van der Waals surface area contributed by atoms with Gasteiger partial charge in [-0.05, 0) is 32.9 Å². The smallest absolute Gasteiger partial charge is 0.130 e. The lowest BCUT2D eigenvalue weighted by atomic mass is 10.1. The van der Waals surface area contributed by atoms with Crippen molar-refractivity contribution < 1.29 is 9.84 Å². The van der Waals surface area contributed by atoms with Crippen molar-refractivity contribution in [1.29, 1.82) is 0 Å². The fraction of sp³-hybridized carbons (Fsp3) is 0.400. The van der Waals surface area contributed by atoms with Gasteiger partial charge in [-0.3, -0.25) is 0 Å². The molecule has 2 aromatic rings. The van der Waals surface area contributed by atoms with Crippen molar-refractivity contribution in [2.24, 2.45) is 0 Å². The molecule has 1 heterocycles. The van der Waals surface area contributed by atoms with Gasteiger partial charge < -0.3 is 14.4 Å². The predicted molar refractivity (Wildman–Crippen MR) is 74.0 cm³/mol. The van der Waals surface area contributed by atoms with Gasteiger partial charge in [0, 0.05) is 12.1 Å². The molecule has 0 bridgehead atoms. The molecule has 1 unspecified atom stereocenters. The molecule has 19 heavy (non-hydrogen) atoms. The van der Waals surface area contributed by atoms with Gasteiger partial charge in [0.15, 0.2) is 0 Å². The number of nitrogens with zero attached hydrogens (tertiary/aromatic N) is 2. The molecule has 0 aliphatic heterocycles. The van der Waals surface area contributed by atoms with E-state index in [-0.39, 0.29) is 0 Å². The van der Waals surface area contributed by atoms with Crippen LogP contribution in [0.3, 0.4) is 0 Å². The molecule has 0 radical (unpaired) electrons. The first-order valence-electron chi connectivity index (χ1n) is 6.52. The summed E-state index contributed by atoms with van der Waals surface area (Å²) in [5, 5.41) is 9.79. The first-order chi connectivity index (χ1) is 9.11. The molecular weight excluding hydrogens is 240 g/mol. The third-order valence-electron chi connectivity index (χ3n) is 3.13. The minimum absolute atomic E-state index is 0.455. The maximum Gasteiger partial charge on any atom is 0.130 e. The third-order valence-corrected chi connectivity index (χ3v) is 3.13. The second kappa shape index (κ2) is 5.89. The van der Waals surface area contributed by atoms with Crippen molar-refractivity contribution in [3.05, 3.63) is 47.5 Å². The van der Waals surface area contributed by atoms with E-state index in [2.05, 4.69) is 11.9 Å². The number of aliphatic hydroxyl groups excluding tert-OH is 1. The molecule has 2 rings (SSSR count). The number of benzene rings is 1. The number of imidazole rings is 1. The molecule has 1 N–H and O–H groups in total. The van der Waals surface area contributed by atoms with Crippen LogP contribution in [0.1, 0.15) is 36.8 Å². The van der Waals surface area contributed by atoms with Crippen molar-refractivity contribution in [3.63, 3.8) is 0 Å². The molecule has 102 valence electrons. The summed E-state index contributed by atoms with van der Waals surface area (Å²) in [5.41, 5.74) is 2.96. The van der Waals surface area contributed by atoms with E-state index in [4.69, 9.17) is 4.74 Å². The van der Waals surface area contributed by atoms with E-state index in [9.17, 15) is 5.11 Å². The Morgan fingerprint density at radius 1 is 1.42 bits per heavy atom. The summed E-state index contributed by atoms with van der Waals surface area (Å²) in [6.07, 6.45) is 3.06. The number of ether oxygens (including phenoxy) is 1. The average Bonchev–Trinajstić information content (AvgIpc) is 2.84. The van der Waals surface area contributed by atoms with Crippen LogP contribution in [0, 0.1) is 6.92 Å². The molecule has 0 spiro atoms. The highest BCUT2D eigenvalue weighted by molar-refractivity contribution is 5.38. The molecule has 0 aliphatic carbocycles. The first-order valence-corrected chi connectivity index (χ1v) is 6.52. The topological polar surface area (TPSA) is 47.3 Å². The van der Waals surface area contributed by atoms with Gasteiger partial charge >= 0.3 is 0 Å². The predicted octanol–water partition coefficient (Wildman–Crippen LogP) is 2.84. The molecule has 4 nitrogen and oxygen atoms in total. The van der Waals surface area contributed by atoms with Gasteiger partial charge in [0.2, 0.25) is 0 Å². The molecule has 0 fully saturated rings. The number of aryl methyl sites for hydroxylation is 2. The van der Waals surface area contributed by atoms with Gasteiger partial charge in [0.05, 0.1) is 24.3 Å². The third kappa shape index (κ3) is 3.15. The Morgan fingerprint density at radius 3 is 2.89 bits per heavy atom. The van der Waals surface area contributed by atoms with Crippen LogP contribution in [-0.2, 0) is 13.2 Å².